The topological polar surface area (TPSA) is 50.2 Å². The van der Waals surface area contributed by atoms with E-state index in [0.717, 1.165) is 12.1 Å². The molecule has 5 heteroatoms. The molecule has 2 aromatic rings. The molecule has 0 aliphatic carbocycles. The Labute approximate surface area is 118 Å². The van der Waals surface area contributed by atoms with E-state index in [2.05, 4.69) is 16.5 Å². The first-order chi connectivity index (χ1) is 9.72. The largest absolute Gasteiger partial charge is 0.313 e. The lowest BCUT2D eigenvalue weighted by molar-refractivity contribution is 0.0974. The molecule has 0 bridgehead atoms. The highest BCUT2D eigenvalue weighted by atomic mass is 16.2. The number of benzene rings is 1. The predicted molar refractivity (Wildman–Crippen MR) is 77.7 cm³/mol. The predicted octanol–water partition coefficient (Wildman–Crippen LogP) is 1.73. The fraction of sp³-hybridized carbons (Fsp3) is 0.333. The summed E-state index contributed by atoms with van der Waals surface area (Å²) in [5.74, 6) is 0.00648. The van der Waals surface area contributed by atoms with Crippen LogP contribution in [0.25, 0.3) is 0 Å². The van der Waals surface area contributed by atoms with Crippen LogP contribution in [0.1, 0.15) is 28.5 Å². The van der Waals surface area contributed by atoms with E-state index in [4.69, 9.17) is 0 Å². The molecule has 5 nitrogen and oxygen atoms in total. The third-order valence-electron chi connectivity index (χ3n) is 3.88. The summed E-state index contributed by atoms with van der Waals surface area (Å²) >= 11 is 0. The zero-order valence-electron chi connectivity index (χ0n) is 11.7. The van der Waals surface area contributed by atoms with Crippen molar-refractivity contribution >= 4 is 11.6 Å². The van der Waals surface area contributed by atoms with Gasteiger partial charge in [0, 0.05) is 31.5 Å². The van der Waals surface area contributed by atoms with Gasteiger partial charge >= 0.3 is 0 Å². The second-order valence-electron chi connectivity index (χ2n) is 4.99. The maximum atomic E-state index is 12.7. The van der Waals surface area contributed by atoms with Gasteiger partial charge in [0.25, 0.3) is 5.91 Å². The Balaban J connectivity index is 2.00. The van der Waals surface area contributed by atoms with Gasteiger partial charge in [0.15, 0.2) is 0 Å². The highest BCUT2D eigenvalue weighted by molar-refractivity contribution is 6.05. The van der Waals surface area contributed by atoms with Crippen LogP contribution < -0.4 is 10.2 Å². The molecular formula is C15H18N4O. The van der Waals surface area contributed by atoms with Gasteiger partial charge in [-0.05, 0) is 31.2 Å². The number of para-hydroxylation sites is 1. The van der Waals surface area contributed by atoms with Crippen molar-refractivity contribution in [2.75, 3.05) is 18.5 Å². The minimum absolute atomic E-state index is 0.00648. The van der Waals surface area contributed by atoms with Crippen LogP contribution in [-0.4, -0.2) is 29.3 Å². The second kappa shape index (κ2) is 5.09. The molecule has 0 fully saturated rings. The molecule has 0 saturated carbocycles. The van der Waals surface area contributed by atoms with E-state index in [-0.39, 0.29) is 5.91 Å². The molecule has 1 aromatic heterocycles. The van der Waals surface area contributed by atoms with Gasteiger partial charge in [0.05, 0.1) is 0 Å². The standard InChI is InChI=1S/C15H18N4O/c1-16-12-8-10-19(13-6-4-3-5-11(12)13)15(20)14-7-9-17-18(14)2/h3-7,9,12,16H,8,10H2,1-2H3. The zero-order valence-corrected chi connectivity index (χ0v) is 11.7. The molecule has 1 N–H and O–H groups in total. The fourth-order valence-electron chi connectivity index (χ4n) is 2.79. The molecule has 1 unspecified atom stereocenters. The molecular weight excluding hydrogens is 252 g/mol. The number of rotatable bonds is 2. The lowest BCUT2D eigenvalue weighted by atomic mass is 9.96. The summed E-state index contributed by atoms with van der Waals surface area (Å²) in [5.41, 5.74) is 2.78. The normalized spacial score (nSPS) is 17.9. The van der Waals surface area contributed by atoms with Crippen molar-refractivity contribution in [2.45, 2.75) is 12.5 Å². The van der Waals surface area contributed by atoms with Gasteiger partial charge in [-0.1, -0.05) is 18.2 Å². The molecule has 2 heterocycles. The number of nitrogens with zero attached hydrogens (tertiary/aromatic N) is 3. The summed E-state index contributed by atoms with van der Waals surface area (Å²) in [6.45, 7) is 0.715. The number of carbonyl (C=O) groups is 1. The van der Waals surface area contributed by atoms with Crippen LogP contribution in [0.5, 0.6) is 0 Å². The Morgan fingerprint density at radius 3 is 2.85 bits per heavy atom. The average molecular weight is 270 g/mol. The van der Waals surface area contributed by atoms with Crippen molar-refractivity contribution < 1.29 is 4.79 Å². The summed E-state index contributed by atoms with van der Waals surface area (Å²) in [5, 5.41) is 7.39. The molecule has 1 aromatic carbocycles. The van der Waals surface area contributed by atoms with Crippen molar-refractivity contribution in [3.63, 3.8) is 0 Å². The number of hydrogen-bond donors (Lipinski definition) is 1. The minimum atomic E-state index is 0.00648. The monoisotopic (exact) mass is 270 g/mol. The number of aryl methyl sites for hydroxylation is 1. The summed E-state index contributed by atoms with van der Waals surface area (Å²) in [6.07, 6.45) is 2.57. The summed E-state index contributed by atoms with van der Waals surface area (Å²) in [6, 6.07) is 10.1. The SMILES string of the molecule is CNC1CCN(C(=O)c2ccnn2C)c2ccccc21. The highest BCUT2D eigenvalue weighted by Crippen LogP contribution is 2.34. The van der Waals surface area contributed by atoms with Crippen molar-refractivity contribution in [3.05, 3.63) is 47.8 Å². The fourth-order valence-corrected chi connectivity index (χ4v) is 2.79. The van der Waals surface area contributed by atoms with Crippen LogP contribution >= 0.6 is 0 Å². The van der Waals surface area contributed by atoms with E-state index in [1.165, 1.54) is 5.56 Å². The van der Waals surface area contributed by atoms with Gasteiger partial charge in [-0.25, -0.2) is 0 Å². The van der Waals surface area contributed by atoms with E-state index in [1.807, 2.05) is 30.1 Å². The van der Waals surface area contributed by atoms with Crippen LogP contribution in [-0.2, 0) is 7.05 Å². The van der Waals surface area contributed by atoms with Crippen LogP contribution in [0.2, 0.25) is 0 Å². The molecule has 1 atom stereocenters. The molecule has 1 aliphatic rings. The first-order valence-electron chi connectivity index (χ1n) is 6.78. The van der Waals surface area contributed by atoms with Crippen LogP contribution in [0.3, 0.4) is 0 Å². The molecule has 104 valence electrons. The van der Waals surface area contributed by atoms with Gasteiger partial charge in [-0.15, -0.1) is 0 Å². The summed E-state index contributed by atoms with van der Waals surface area (Å²) in [4.78, 5) is 14.5. The first-order valence-corrected chi connectivity index (χ1v) is 6.78. The Bertz CT molecular complexity index is 634. The van der Waals surface area contributed by atoms with Crippen molar-refractivity contribution in [3.8, 4) is 0 Å². The summed E-state index contributed by atoms with van der Waals surface area (Å²) < 4.78 is 1.62. The third kappa shape index (κ3) is 2.00. The van der Waals surface area contributed by atoms with Gasteiger partial charge in [-0.3, -0.25) is 9.48 Å². The number of carbonyl (C=O) groups excluding carboxylic acids is 1. The first kappa shape index (κ1) is 12.9. The third-order valence-corrected chi connectivity index (χ3v) is 3.88. The maximum Gasteiger partial charge on any atom is 0.276 e. The van der Waals surface area contributed by atoms with E-state index in [1.54, 1.807) is 24.0 Å². The summed E-state index contributed by atoms with van der Waals surface area (Å²) in [7, 11) is 3.75. The smallest absolute Gasteiger partial charge is 0.276 e. The molecule has 0 spiro atoms. The van der Waals surface area contributed by atoms with Crippen LogP contribution in [0.4, 0.5) is 5.69 Å². The molecule has 20 heavy (non-hydrogen) atoms. The Hall–Kier alpha value is -2.14. The van der Waals surface area contributed by atoms with E-state index in [9.17, 15) is 4.79 Å². The number of amides is 1. The van der Waals surface area contributed by atoms with Gasteiger partial charge in [0.2, 0.25) is 0 Å². The number of nitrogens with one attached hydrogen (secondary N) is 1. The van der Waals surface area contributed by atoms with Crippen molar-refractivity contribution in [1.82, 2.24) is 15.1 Å². The lowest BCUT2D eigenvalue weighted by Gasteiger charge is -2.34. The highest BCUT2D eigenvalue weighted by Gasteiger charge is 2.29. The van der Waals surface area contributed by atoms with Crippen LogP contribution in [0.15, 0.2) is 36.5 Å². The average Bonchev–Trinajstić information content (AvgIpc) is 2.91. The second-order valence-corrected chi connectivity index (χ2v) is 4.99. The van der Waals surface area contributed by atoms with Crippen LogP contribution in [0, 0.1) is 0 Å². The van der Waals surface area contributed by atoms with E-state index in [0.29, 0.717) is 18.3 Å². The Kier molecular flexibility index (Phi) is 3.28. The zero-order chi connectivity index (χ0) is 14.1. The lowest BCUT2D eigenvalue weighted by Crippen LogP contribution is -2.39. The number of hydrogen-bond acceptors (Lipinski definition) is 3. The molecule has 0 radical (unpaired) electrons. The van der Waals surface area contributed by atoms with E-state index < -0.39 is 0 Å². The Morgan fingerprint density at radius 2 is 2.15 bits per heavy atom. The maximum absolute atomic E-state index is 12.7. The number of fused-ring (bicyclic) bond motifs is 1. The van der Waals surface area contributed by atoms with Crippen molar-refractivity contribution in [2.24, 2.45) is 7.05 Å². The Morgan fingerprint density at radius 1 is 1.35 bits per heavy atom. The van der Waals surface area contributed by atoms with Crippen molar-refractivity contribution in [1.29, 1.82) is 0 Å². The molecule has 1 amide bonds. The quantitative estimate of drug-likeness (QED) is 0.904. The molecule has 0 saturated heterocycles. The van der Waals surface area contributed by atoms with Gasteiger partial charge < -0.3 is 10.2 Å². The van der Waals surface area contributed by atoms with Gasteiger partial charge in [-0.2, -0.15) is 5.10 Å². The van der Waals surface area contributed by atoms with Gasteiger partial charge in [0.1, 0.15) is 5.69 Å². The van der Waals surface area contributed by atoms with E-state index >= 15 is 0 Å². The number of aromatic nitrogens is 2. The number of anilines is 1. The molecule has 1 aliphatic heterocycles. The minimum Gasteiger partial charge on any atom is -0.313 e. The molecule has 3 rings (SSSR count).